The van der Waals surface area contributed by atoms with Crippen LogP contribution in [0.5, 0.6) is 17.2 Å². The molecule has 0 aliphatic carbocycles. The smallest absolute Gasteiger partial charge is 0.416 e. The van der Waals surface area contributed by atoms with Gasteiger partial charge in [0, 0.05) is 19.7 Å². The lowest BCUT2D eigenvalue weighted by Gasteiger charge is -2.24. The fraction of sp³-hybridized carbons (Fsp3) is 0.364. The Morgan fingerprint density at radius 3 is 2.41 bits per heavy atom. The summed E-state index contributed by atoms with van der Waals surface area (Å²) in [6.45, 7) is 0.359. The third kappa shape index (κ3) is 5.50. The van der Waals surface area contributed by atoms with E-state index >= 15 is 0 Å². The number of halogens is 3. The van der Waals surface area contributed by atoms with Crippen molar-refractivity contribution >= 4 is 17.5 Å². The maximum atomic E-state index is 12.9. The summed E-state index contributed by atoms with van der Waals surface area (Å²) >= 11 is 0. The standard InChI is InChI=1S/C22H23F3N2O5/c1-30-13-20(28)27-11-3-4-18(27)21(29)26-17-12-16(9-10-19(17)31-2)32-15-7-5-14(6-8-15)22(23,24)25/h5-10,12,18H,3-4,11,13H2,1-2H3,(H,26,29)/t18-/m1/s1. The fourth-order valence-corrected chi connectivity index (χ4v) is 3.46. The maximum absolute atomic E-state index is 12.9. The van der Waals surface area contributed by atoms with Crippen LogP contribution in [-0.4, -0.2) is 50.1 Å². The van der Waals surface area contributed by atoms with Gasteiger partial charge < -0.3 is 24.4 Å². The number of benzene rings is 2. The molecule has 10 heteroatoms. The van der Waals surface area contributed by atoms with E-state index in [1.807, 2.05) is 0 Å². The average molecular weight is 452 g/mol. The molecule has 3 rings (SSSR count). The summed E-state index contributed by atoms with van der Waals surface area (Å²) in [5.41, 5.74) is -0.468. The molecule has 2 amide bonds. The van der Waals surface area contributed by atoms with Crippen LogP contribution in [-0.2, 0) is 20.5 Å². The van der Waals surface area contributed by atoms with Crippen LogP contribution in [0.25, 0.3) is 0 Å². The molecule has 172 valence electrons. The Morgan fingerprint density at radius 2 is 1.78 bits per heavy atom. The van der Waals surface area contributed by atoms with Gasteiger partial charge in [-0.25, -0.2) is 0 Å². The zero-order chi connectivity index (χ0) is 23.3. The molecule has 0 saturated carbocycles. The van der Waals surface area contributed by atoms with Gasteiger partial charge in [0.1, 0.15) is 29.9 Å². The van der Waals surface area contributed by atoms with Gasteiger partial charge in [0.05, 0.1) is 18.4 Å². The number of amides is 2. The Bertz CT molecular complexity index is 963. The highest BCUT2D eigenvalue weighted by atomic mass is 19.4. The van der Waals surface area contributed by atoms with Gasteiger partial charge in [-0.15, -0.1) is 0 Å². The van der Waals surface area contributed by atoms with Crippen molar-refractivity contribution in [1.29, 1.82) is 0 Å². The molecule has 1 aliphatic heterocycles. The molecule has 1 saturated heterocycles. The number of nitrogens with zero attached hydrogens (tertiary/aromatic N) is 1. The lowest BCUT2D eigenvalue weighted by atomic mass is 10.2. The molecule has 7 nitrogen and oxygen atoms in total. The summed E-state index contributed by atoms with van der Waals surface area (Å²) in [6.07, 6.45) is -3.22. The first-order valence-electron chi connectivity index (χ1n) is 9.85. The van der Waals surface area contributed by atoms with E-state index in [-0.39, 0.29) is 24.2 Å². The molecule has 2 aromatic carbocycles. The third-order valence-corrected chi connectivity index (χ3v) is 4.99. The quantitative estimate of drug-likeness (QED) is 0.685. The number of likely N-dealkylation sites (tertiary alicyclic amines) is 1. The number of ether oxygens (including phenoxy) is 3. The van der Waals surface area contributed by atoms with Gasteiger partial charge in [0.2, 0.25) is 11.8 Å². The Morgan fingerprint density at radius 1 is 1.09 bits per heavy atom. The molecule has 2 aromatic rings. The van der Waals surface area contributed by atoms with Gasteiger partial charge >= 0.3 is 6.18 Å². The fourth-order valence-electron chi connectivity index (χ4n) is 3.46. The molecule has 0 bridgehead atoms. The van der Waals surface area contributed by atoms with Crippen LogP contribution in [0.1, 0.15) is 18.4 Å². The van der Waals surface area contributed by atoms with Gasteiger partial charge in [-0.2, -0.15) is 13.2 Å². The topological polar surface area (TPSA) is 77.1 Å². The van der Waals surface area contributed by atoms with Crippen molar-refractivity contribution in [3.05, 3.63) is 48.0 Å². The maximum Gasteiger partial charge on any atom is 0.416 e. The van der Waals surface area contributed by atoms with Crippen LogP contribution < -0.4 is 14.8 Å². The van der Waals surface area contributed by atoms with Gasteiger partial charge in [-0.05, 0) is 49.2 Å². The number of methoxy groups -OCH3 is 2. The highest BCUT2D eigenvalue weighted by molar-refractivity contribution is 5.98. The Labute approximate surface area is 183 Å². The van der Waals surface area contributed by atoms with Crippen molar-refractivity contribution in [2.75, 3.05) is 32.7 Å². The van der Waals surface area contributed by atoms with Crippen molar-refractivity contribution < 1.29 is 37.0 Å². The van der Waals surface area contributed by atoms with Gasteiger partial charge in [-0.1, -0.05) is 0 Å². The Balaban J connectivity index is 1.75. The summed E-state index contributed by atoms with van der Waals surface area (Å²) in [4.78, 5) is 26.5. The zero-order valence-corrected chi connectivity index (χ0v) is 17.6. The summed E-state index contributed by atoms with van der Waals surface area (Å²) in [5, 5.41) is 2.76. The average Bonchev–Trinajstić information content (AvgIpc) is 3.24. The molecule has 1 heterocycles. The highest BCUT2D eigenvalue weighted by Gasteiger charge is 2.34. The minimum absolute atomic E-state index is 0.108. The molecular weight excluding hydrogens is 429 g/mol. The molecule has 0 spiro atoms. The van der Waals surface area contributed by atoms with Crippen molar-refractivity contribution in [2.24, 2.45) is 0 Å². The van der Waals surface area contributed by atoms with Gasteiger partial charge in [-0.3, -0.25) is 9.59 Å². The van der Waals surface area contributed by atoms with Crippen molar-refractivity contribution in [1.82, 2.24) is 4.90 Å². The number of carbonyl (C=O) groups excluding carboxylic acids is 2. The first-order valence-corrected chi connectivity index (χ1v) is 9.85. The molecular formula is C22H23F3N2O5. The van der Waals surface area contributed by atoms with E-state index in [1.165, 1.54) is 37.3 Å². The van der Waals surface area contributed by atoms with Gasteiger partial charge in [0.15, 0.2) is 0 Å². The molecule has 1 atom stereocenters. The summed E-state index contributed by atoms with van der Waals surface area (Å²) in [7, 11) is 2.85. The van der Waals surface area contributed by atoms with Crippen LogP contribution >= 0.6 is 0 Å². The van der Waals surface area contributed by atoms with E-state index in [1.54, 1.807) is 12.1 Å². The van der Waals surface area contributed by atoms with Crippen LogP contribution in [0, 0.1) is 0 Å². The molecule has 1 aliphatic rings. The Kier molecular flexibility index (Phi) is 7.24. The number of anilines is 1. The van der Waals surface area contributed by atoms with Crippen LogP contribution in [0.15, 0.2) is 42.5 Å². The Hall–Kier alpha value is -3.27. The second kappa shape index (κ2) is 9.90. The summed E-state index contributed by atoms with van der Waals surface area (Å²) in [5.74, 6) is 0.214. The SMILES string of the molecule is COCC(=O)N1CCC[C@@H]1C(=O)Nc1cc(Oc2ccc(C(F)(F)F)cc2)ccc1OC. The minimum Gasteiger partial charge on any atom is -0.495 e. The van der Waals surface area contributed by atoms with E-state index in [0.717, 1.165) is 12.1 Å². The normalized spacial score (nSPS) is 16.0. The molecule has 32 heavy (non-hydrogen) atoms. The number of hydrogen-bond donors (Lipinski definition) is 1. The molecule has 0 radical (unpaired) electrons. The number of rotatable bonds is 7. The number of hydrogen-bond acceptors (Lipinski definition) is 5. The van der Waals surface area contributed by atoms with Crippen LogP contribution in [0.3, 0.4) is 0 Å². The van der Waals surface area contributed by atoms with Crippen LogP contribution in [0.2, 0.25) is 0 Å². The van der Waals surface area contributed by atoms with E-state index in [4.69, 9.17) is 14.2 Å². The molecule has 1 N–H and O–H groups in total. The predicted octanol–water partition coefficient (Wildman–Crippen LogP) is 4.08. The minimum atomic E-state index is -4.44. The molecule has 0 aromatic heterocycles. The summed E-state index contributed by atoms with van der Waals surface area (Å²) < 4.78 is 54.0. The monoisotopic (exact) mass is 452 g/mol. The first kappa shape index (κ1) is 23.4. The largest absolute Gasteiger partial charge is 0.495 e. The van der Waals surface area contributed by atoms with E-state index in [2.05, 4.69) is 5.32 Å². The van der Waals surface area contributed by atoms with Gasteiger partial charge in [0.25, 0.3) is 0 Å². The van der Waals surface area contributed by atoms with Crippen LogP contribution in [0.4, 0.5) is 18.9 Å². The number of carbonyl (C=O) groups is 2. The van der Waals surface area contributed by atoms with Crippen molar-refractivity contribution in [3.63, 3.8) is 0 Å². The zero-order valence-electron chi connectivity index (χ0n) is 17.6. The summed E-state index contributed by atoms with van der Waals surface area (Å²) in [6, 6.07) is 8.27. The van der Waals surface area contributed by atoms with Crippen molar-refractivity contribution in [2.45, 2.75) is 25.1 Å². The number of alkyl halides is 3. The van der Waals surface area contributed by atoms with E-state index in [0.29, 0.717) is 36.6 Å². The third-order valence-electron chi connectivity index (χ3n) is 4.99. The lowest BCUT2D eigenvalue weighted by Crippen LogP contribution is -2.44. The lowest BCUT2D eigenvalue weighted by molar-refractivity contribution is -0.139. The molecule has 1 fully saturated rings. The van der Waals surface area contributed by atoms with E-state index in [9.17, 15) is 22.8 Å². The first-order chi connectivity index (χ1) is 15.2. The number of nitrogens with one attached hydrogen (secondary N) is 1. The second-order valence-electron chi connectivity index (χ2n) is 7.15. The highest BCUT2D eigenvalue weighted by Crippen LogP contribution is 2.34. The van der Waals surface area contributed by atoms with Crippen molar-refractivity contribution in [3.8, 4) is 17.2 Å². The molecule has 0 unspecified atom stereocenters. The second-order valence-corrected chi connectivity index (χ2v) is 7.15. The predicted molar refractivity (Wildman–Crippen MR) is 110 cm³/mol. The van der Waals surface area contributed by atoms with E-state index < -0.39 is 17.8 Å².